The van der Waals surface area contributed by atoms with Crippen LogP contribution in [0.5, 0.6) is 11.5 Å². The second-order valence-corrected chi connectivity index (χ2v) is 5.13. The minimum Gasteiger partial charge on any atom is -0.497 e. The lowest BCUT2D eigenvalue weighted by atomic mass is 10.1. The molecule has 1 aromatic heterocycles. The summed E-state index contributed by atoms with van der Waals surface area (Å²) in [4.78, 5) is 1.34. The summed E-state index contributed by atoms with van der Waals surface area (Å²) < 4.78 is 10.6. The number of tetrazole rings is 1. The Morgan fingerprint density at radius 3 is 2.60 bits per heavy atom. The molecule has 0 aliphatic rings. The van der Waals surface area contributed by atoms with Gasteiger partial charge in [-0.2, -0.15) is 5.10 Å². The topological polar surface area (TPSA) is 86.5 Å². The Morgan fingerprint density at radius 1 is 1.08 bits per heavy atom. The van der Waals surface area contributed by atoms with E-state index in [9.17, 15) is 0 Å². The number of para-hydroxylation sites is 1. The first kappa shape index (κ1) is 16.4. The third-order valence-electron chi connectivity index (χ3n) is 3.53. The predicted molar refractivity (Wildman–Crippen MR) is 94.7 cm³/mol. The third-order valence-corrected chi connectivity index (χ3v) is 3.53. The van der Waals surface area contributed by atoms with Crippen molar-refractivity contribution in [3.8, 4) is 11.5 Å². The zero-order valence-corrected chi connectivity index (χ0v) is 14.2. The minimum atomic E-state index is 0.415. The Bertz CT molecular complexity index is 876. The van der Waals surface area contributed by atoms with Gasteiger partial charge in [-0.1, -0.05) is 28.1 Å². The van der Waals surface area contributed by atoms with E-state index in [1.165, 1.54) is 4.79 Å². The van der Waals surface area contributed by atoms with Gasteiger partial charge in [-0.05, 0) is 41.6 Å². The van der Waals surface area contributed by atoms with Gasteiger partial charge in [0.15, 0.2) is 0 Å². The fourth-order valence-corrected chi connectivity index (χ4v) is 2.27. The molecule has 0 bridgehead atoms. The molecule has 3 rings (SSSR count). The largest absolute Gasteiger partial charge is 0.497 e. The van der Waals surface area contributed by atoms with E-state index in [0.29, 0.717) is 23.2 Å². The lowest BCUT2D eigenvalue weighted by molar-refractivity contribution is 0.394. The second-order valence-electron chi connectivity index (χ2n) is 5.13. The Kier molecular flexibility index (Phi) is 4.89. The average Bonchev–Trinajstić information content (AvgIpc) is 3.08. The number of hydrogen-bond donors (Lipinski definition) is 1. The summed E-state index contributed by atoms with van der Waals surface area (Å²) in [7, 11) is 3.21. The number of ether oxygens (including phenoxy) is 2. The van der Waals surface area contributed by atoms with Crippen LogP contribution in [0.1, 0.15) is 12.5 Å². The molecule has 0 radical (unpaired) electrons. The van der Waals surface area contributed by atoms with E-state index in [1.807, 2.05) is 49.4 Å². The zero-order valence-electron chi connectivity index (χ0n) is 14.2. The lowest BCUT2D eigenvalue weighted by Gasteiger charge is -2.10. The maximum absolute atomic E-state index is 5.42. The van der Waals surface area contributed by atoms with E-state index in [-0.39, 0.29) is 0 Å². The monoisotopic (exact) mass is 338 g/mol. The summed E-state index contributed by atoms with van der Waals surface area (Å²) in [5.74, 6) is 1.78. The molecule has 1 heterocycles. The van der Waals surface area contributed by atoms with Gasteiger partial charge in [0, 0.05) is 17.3 Å². The third kappa shape index (κ3) is 3.74. The number of nitrogens with one attached hydrogen (secondary N) is 1. The van der Waals surface area contributed by atoms with Crippen LogP contribution in [0.15, 0.2) is 53.6 Å². The SMILES string of the molecule is COc1ccc(C(C)=Nn2nnnc2Nc2ccccc2)c(OC)c1. The Balaban J connectivity index is 1.90. The molecule has 0 saturated carbocycles. The van der Waals surface area contributed by atoms with Gasteiger partial charge in [0.2, 0.25) is 0 Å². The normalized spacial score (nSPS) is 11.2. The van der Waals surface area contributed by atoms with Crippen LogP contribution in [0.25, 0.3) is 0 Å². The Labute approximate surface area is 145 Å². The van der Waals surface area contributed by atoms with E-state index in [1.54, 1.807) is 20.3 Å². The molecule has 3 aromatic rings. The van der Waals surface area contributed by atoms with Crippen LogP contribution in [-0.4, -0.2) is 40.2 Å². The number of nitrogens with zero attached hydrogens (tertiary/aromatic N) is 5. The second kappa shape index (κ2) is 7.43. The summed E-state index contributed by atoms with van der Waals surface area (Å²) in [6.07, 6.45) is 0. The Hall–Kier alpha value is -3.42. The van der Waals surface area contributed by atoms with Crippen molar-refractivity contribution in [3.05, 3.63) is 54.1 Å². The van der Waals surface area contributed by atoms with Crippen LogP contribution in [-0.2, 0) is 0 Å². The number of hydrogen-bond acceptors (Lipinski definition) is 7. The molecule has 8 nitrogen and oxygen atoms in total. The number of rotatable bonds is 6. The summed E-state index contributed by atoms with van der Waals surface area (Å²) in [5.41, 5.74) is 2.39. The molecule has 0 aliphatic carbocycles. The highest BCUT2D eigenvalue weighted by Crippen LogP contribution is 2.25. The summed E-state index contributed by atoms with van der Waals surface area (Å²) in [6, 6.07) is 15.2. The molecule has 128 valence electrons. The number of methoxy groups -OCH3 is 2. The molecule has 0 fully saturated rings. The van der Waals surface area contributed by atoms with Crippen LogP contribution >= 0.6 is 0 Å². The Morgan fingerprint density at radius 2 is 1.88 bits per heavy atom. The molecule has 0 atom stereocenters. The van der Waals surface area contributed by atoms with Crippen molar-refractivity contribution in [2.24, 2.45) is 5.10 Å². The molecule has 0 aliphatic heterocycles. The van der Waals surface area contributed by atoms with Crippen LogP contribution in [0, 0.1) is 0 Å². The van der Waals surface area contributed by atoms with Crippen molar-refractivity contribution < 1.29 is 9.47 Å². The van der Waals surface area contributed by atoms with Gasteiger partial charge in [-0.25, -0.2) is 0 Å². The van der Waals surface area contributed by atoms with Gasteiger partial charge in [-0.15, -0.1) is 0 Å². The van der Waals surface area contributed by atoms with Crippen molar-refractivity contribution in [3.63, 3.8) is 0 Å². The number of aromatic nitrogens is 4. The summed E-state index contributed by atoms with van der Waals surface area (Å²) in [5, 5.41) is 19.1. The molecule has 1 N–H and O–H groups in total. The van der Waals surface area contributed by atoms with Crippen molar-refractivity contribution in [1.82, 2.24) is 20.3 Å². The zero-order chi connectivity index (χ0) is 17.6. The standard InChI is InChI=1S/C17H18N6O2/c1-12(15-10-9-14(24-2)11-16(15)25-3)20-23-17(19-21-22-23)18-13-7-5-4-6-8-13/h4-11H,1-3H3,(H,18,19,22). The molecular formula is C17H18N6O2. The minimum absolute atomic E-state index is 0.415. The van der Waals surface area contributed by atoms with E-state index in [0.717, 1.165) is 11.3 Å². The lowest BCUT2D eigenvalue weighted by Crippen LogP contribution is -2.06. The van der Waals surface area contributed by atoms with Gasteiger partial charge < -0.3 is 14.8 Å². The van der Waals surface area contributed by atoms with E-state index in [4.69, 9.17) is 9.47 Å². The summed E-state index contributed by atoms with van der Waals surface area (Å²) >= 11 is 0. The highest BCUT2D eigenvalue weighted by atomic mass is 16.5. The average molecular weight is 338 g/mol. The van der Waals surface area contributed by atoms with Crippen molar-refractivity contribution >= 4 is 17.3 Å². The van der Waals surface area contributed by atoms with Crippen molar-refractivity contribution in [2.75, 3.05) is 19.5 Å². The smallest absolute Gasteiger partial charge is 0.269 e. The maximum atomic E-state index is 5.42. The van der Waals surface area contributed by atoms with Gasteiger partial charge in [0.05, 0.1) is 19.9 Å². The first-order chi connectivity index (χ1) is 12.2. The number of anilines is 2. The van der Waals surface area contributed by atoms with Gasteiger partial charge >= 0.3 is 0 Å². The molecule has 0 saturated heterocycles. The van der Waals surface area contributed by atoms with Gasteiger partial charge in [0.25, 0.3) is 5.95 Å². The number of benzene rings is 2. The molecular weight excluding hydrogens is 320 g/mol. The predicted octanol–water partition coefficient (Wildman–Crippen LogP) is 2.71. The molecule has 0 amide bonds. The van der Waals surface area contributed by atoms with Gasteiger partial charge in [-0.3, -0.25) is 0 Å². The molecule has 0 spiro atoms. The van der Waals surface area contributed by atoms with Crippen LogP contribution in [0.3, 0.4) is 0 Å². The first-order valence-electron chi connectivity index (χ1n) is 7.59. The molecule has 25 heavy (non-hydrogen) atoms. The van der Waals surface area contributed by atoms with Crippen LogP contribution in [0.4, 0.5) is 11.6 Å². The fraction of sp³-hybridized carbons (Fsp3) is 0.176. The van der Waals surface area contributed by atoms with Gasteiger partial charge in [0.1, 0.15) is 11.5 Å². The van der Waals surface area contributed by atoms with Crippen molar-refractivity contribution in [2.45, 2.75) is 6.92 Å². The summed E-state index contributed by atoms with van der Waals surface area (Å²) in [6.45, 7) is 1.86. The van der Waals surface area contributed by atoms with Crippen molar-refractivity contribution in [1.29, 1.82) is 0 Å². The molecule has 2 aromatic carbocycles. The van der Waals surface area contributed by atoms with E-state index >= 15 is 0 Å². The first-order valence-corrected chi connectivity index (χ1v) is 7.59. The van der Waals surface area contributed by atoms with Crippen LogP contribution < -0.4 is 14.8 Å². The van der Waals surface area contributed by atoms with E-state index < -0.39 is 0 Å². The molecule has 8 heteroatoms. The highest BCUT2D eigenvalue weighted by molar-refractivity contribution is 6.01. The highest BCUT2D eigenvalue weighted by Gasteiger charge is 2.11. The van der Waals surface area contributed by atoms with Crippen LogP contribution in [0.2, 0.25) is 0 Å². The fourth-order valence-electron chi connectivity index (χ4n) is 2.27. The van der Waals surface area contributed by atoms with E-state index in [2.05, 4.69) is 25.9 Å². The molecule has 0 unspecified atom stereocenters. The maximum Gasteiger partial charge on any atom is 0.269 e. The quantitative estimate of drug-likeness (QED) is 0.696.